The van der Waals surface area contributed by atoms with Gasteiger partial charge in [-0.1, -0.05) is 17.7 Å². The number of nitrogens with zero attached hydrogens (tertiary/aromatic N) is 2. The first-order valence-electron chi connectivity index (χ1n) is 6.84. The number of anilines is 1. The van der Waals surface area contributed by atoms with Crippen LogP contribution in [0.5, 0.6) is 0 Å². The van der Waals surface area contributed by atoms with E-state index in [0.29, 0.717) is 23.7 Å². The molecule has 0 saturated carbocycles. The SMILES string of the molecule is CN(C)CCCN(CC(=O)Nc1cccc(Cl)c1)S(C)(=O)=O. The van der Waals surface area contributed by atoms with E-state index < -0.39 is 15.9 Å². The van der Waals surface area contributed by atoms with E-state index in [4.69, 9.17) is 11.6 Å². The summed E-state index contributed by atoms with van der Waals surface area (Å²) in [6, 6.07) is 6.71. The van der Waals surface area contributed by atoms with Gasteiger partial charge >= 0.3 is 0 Å². The first-order chi connectivity index (χ1) is 10.2. The highest BCUT2D eigenvalue weighted by molar-refractivity contribution is 7.88. The van der Waals surface area contributed by atoms with Crippen molar-refractivity contribution < 1.29 is 13.2 Å². The Balaban J connectivity index is 2.63. The van der Waals surface area contributed by atoms with E-state index in [1.54, 1.807) is 24.3 Å². The lowest BCUT2D eigenvalue weighted by Gasteiger charge is -2.20. The molecule has 1 rings (SSSR count). The molecule has 1 amide bonds. The van der Waals surface area contributed by atoms with Crippen molar-refractivity contribution in [3.63, 3.8) is 0 Å². The molecule has 0 aliphatic carbocycles. The molecule has 0 heterocycles. The summed E-state index contributed by atoms with van der Waals surface area (Å²) < 4.78 is 24.7. The zero-order chi connectivity index (χ0) is 16.8. The molecular formula is C14H22ClN3O3S. The van der Waals surface area contributed by atoms with Crippen molar-refractivity contribution in [3.8, 4) is 0 Å². The fourth-order valence-electron chi connectivity index (χ4n) is 1.85. The zero-order valence-electron chi connectivity index (χ0n) is 13.0. The number of sulfonamides is 1. The molecule has 8 heteroatoms. The first-order valence-corrected chi connectivity index (χ1v) is 9.06. The number of benzene rings is 1. The number of carbonyl (C=O) groups excluding carboxylic acids is 1. The molecule has 22 heavy (non-hydrogen) atoms. The molecule has 0 radical (unpaired) electrons. The van der Waals surface area contributed by atoms with Crippen molar-refractivity contribution >= 4 is 33.2 Å². The Kier molecular flexibility index (Phi) is 7.28. The summed E-state index contributed by atoms with van der Waals surface area (Å²) in [6.07, 6.45) is 1.76. The second-order valence-corrected chi connectivity index (χ2v) is 7.73. The summed E-state index contributed by atoms with van der Waals surface area (Å²) in [4.78, 5) is 14.0. The predicted molar refractivity (Wildman–Crippen MR) is 89.7 cm³/mol. The van der Waals surface area contributed by atoms with Gasteiger partial charge in [0.05, 0.1) is 12.8 Å². The third-order valence-corrected chi connectivity index (χ3v) is 4.39. The summed E-state index contributed by atoms with van der Waals surface area (Å²) >= 11 is 5.84. The lowest BCUT2D eigenvalue weighted by atomic mass is 10.3. The van der Waals surface area contributed by atoms with Gasteiger partial charge in [0.1, 0.15) is 0 Å². The standard InChI is InChI=1S/C14H22ClN3O3S/c1-17(2)8-5-9-18(22(3,20)21)11-14(19)16-13-7-4-6-12(15)10-13/h4,6-7,10H,5,8-9,11H2,1-3H3,(H,16,19). The van der Waals surface area contributed by atoms with Crippen LogP contribution >= 0.6 is 11.6 Å². The lowest BCUT2D eigenvalue weighted by molar-refractivity contribution is -0.116. The van der Waals surface area contributed by atoms with Crippen LogP contribution in [0.3, 0.4) is 0 Å². The molecule has 6 nitrogen and oxygen atoms in total. The van der Waals surface area contributed by atoms with Crippen LogP contribution in [0.15, 0.2) is 24.3 Å². The van der Waals surface area contributed by atoms with Crippen molar-refractivity contribution in [2.24, 2.45) is 0 Å². The van der Waals surface area contributed by atoms with Gasteiger partial charge in [0.15, 0.2) is 0 Å². The summed E-state index contributed by atoms with van der Waals surface area (Å²) in [5, 5.41) is 3.15. The van der Waals surface area contributed by atoms with Crippen molar-refractivity contribution in [2.75, 3.05) is 45.3 Å². The van der Waals surface area contributed by atoms with Crippen LogP contribution in [0.2, 0.25) is 5.02 Å². The van der Waals surface area contributed by atoms with E-state index in [0.717, 1.165) is 12.8 Å². The maximum absolute atomic E-state index is 12.0. The topological polar surface area (TPSA) is 69.7 Å². The number of amides is 1. The Morgan fingerprint density at radius 3 is 2.50 bits per heavy atom. The van der Waals surface area contributed by atoms with Gasteiger partial charge in [0, 0.05) is 17.3 Å². The van der Waals surface area contributed by atoms with E-state index >= 15 is 0 Å². The highest BCUT2D eigenvalue weighted by Crippen LogP contribution is 2.15. The molecule has 0 atom stereocenters. The molecule has 0 aliphatic heterocycles. The van der Waals surface area contributed by atoms with Gasteiger partial charge in [-0.05, 0) is 45.3 Å². The van der Waals surface area contributed by atoms with Gasteiger partial charge in [0.25, 0.3) is 0 Å². The average molecular weight is 348 g/mol. The number of rotatable bonds is 8. The van der Waals surface area contributed by atoms with E-state index in [1.807, 2.05) is 19.0 Å². The van der Waals surface area contributed by atoms with E-state index in [2.05, 4.69) is 5.32 Å². The van der Waals surface area contributed by atoms with Crippen molar-refractivity contribution in [1.82, 2.24) is 9.21 Å². The molecule has 124 valence electrons. The van der Waals surface area contributed by atoms with Crippen molar-refractivity contribution in [1.29, 1.82) is 0 Å². The van der Waals surface area contributed by atoms with Gasteiger partial charge in [-0.3, -0.25) is 4.79 Å². The fourth-order valence-corrected chi connectivity index (χ4v) is 2.86. The smallest absolute Gasteiger partial charge is 0.239 e. The molecule has 0 unspecified atom stereocenters. The summed E-state index contributed by atoms with van der Waals surface area (Å²) in [7, 11) is 0.396. The quantitative estimate of drug-likeness (QED) is 0.773. The molecule has 0 aliphatic rings. The molecule has 1 aromatic carbocycles. The Morgan fingerprint density at radius 2 is 1.95 bits per heavy atom. The van der Waals surface area contributed by atoms with Gasteiger partial charge in [-0.2, -0.15) is 4.31 Å². The second-order valence-electron chi connectivity index (χ2n) is 5.31. The highest BCUT2D eigenvalue weighted by Gasteiger charge is 2.19. The normalized spacial score (nSPS) is 11.9. The van der Waals surface area contributed by atoms with E-state index in [9.17, 15) is 13.2 Å². The number of nitrogens with one attached hydrogen (secondary N) is 1. The van der Waals surface area contributed by atoms with Crippen LogP contribution in [0.25, 0.3) is 0 Å². The van der Waals surface area contributed by atoms with Crippen LogP contribution in [0.4, 0.5) is 5.69 Å². The molecule has 0 fully saturated rings. The van der Waals surface area contributed by atoms with Crippen LogP contribution in [-0.2, 0) is 14.8 Å². The molecule has 0 aromatic heterocycles. The third kappa shape index (κ3) is 7.22. The minimum atomic E-state index is -3.43. The van der Waals surface area contributed by atoms with Crippen LogP contribution in [0, 0.1) is 0 Å². The Labute approximate surface area is 137 Å². The molecule has 1 aromatic rings. The highest BCUT2D eigenvalue weighted by atomic mass is 35.5. The van der Waals surface area contributed by atoms with Crippen molar-refractivity contribution in [3.05, 3.63) is 29.3 Å². The summed E-state index contributed by atoms with van der Waals surface area (Å²) in [6.45, 7) is 0.848. The summed E-state index contributed by atoms with van der Waals surface area (Å²) in [5.74, 6) is -0.391. The lowest BCUT2D eigenvalue weighted by Crippen LogP contribution is -2.38. The largest absolute Gasteiger partial charge is 0.325 e. The van der Waals surface area contributed by atoms with Gasteiger partial charge in [0.2, 0.25) is 15.9 Å². The zero-order valence-corrected chi connectivity index (χ0v) is 14.6. The average Bonchev–Trinajstić information content (AvgIpc) is 2.35. The molecular weight excluding hydrogens is 326 g/mol. The van der Waals surface area contributed by atoms with Crippen LogP contribution in [-0.4, -0.2) is 63.5 Å². The first kappa shape index (κ1) is 18.9. The van der Waals surface area contributed by atoms with Crippen molar-refractivity contribution in [2.45, 2.75) is 6.42 Å². The maximum atomic E-state index is 12.0. The van der Waals surface area contributed by atoms with Gasteiger partial charge < -0.3 is 10.2 Å². The number of hydrogen-bond acceptors (Lipinski definition) is 4. The minimum Gasteiger partial charge on any atom is -0.325 e. The minimum absolute atomic E-state index is 0.210. The number of carbonyl (C=O) groups is 1. The molecule has 0 bridgehead atoms. The van der Waals surface area contributed by atoms with Crippen LogP contribution < -0.4 is 5.32 Å². The monoisotopic (exact) mass is 347 g/mol. The molecule has 0 saturated heterocycles. The van der Waals surface area contributed by atoms with Crippen LogP contribution in [0.1, 0.15) is 6.42 Å². The van der Waals surface area contributed by atoms with E-state index in [-0.39, 0.29) is 6.54 Å². The van der Waals surface area contributed by atoms with Gasteiger partial charge in [-0.25, -0.2) is 8.42 Å². The van der Waals surface area contributed by atoms with E-state index in [1.165, 1.54) is 4.31 Å². The predicted octanol–water partition coefficient (Wildman–Crippen LogP) is 1.49. The Morgan fingerprint density at radius 1 is 1.27 bits per heavy atom. The summed E-state index contributed by atoms with van der Waals surface area (Å²) in [5.41, 5.74) is 0.541. The fraction of sp³-hybridized carbons (Fsp3) is 0.500. The Hall–Kier alpha value is -1.15. The third-order valence-electron chi connectivity index (χ3n) is 2.91. The molecule has 1 N–H and O–H groups in total. The Bertz CT molecular complexity index is 605. The molecule has 0 spiro atoms. The number of hydrogen-bond donors (Lipinski definition) is 1. The maximum Gasteiger partial charge on any atom is 0.239 e. The van der Waals surface area contributed by atoms with Gasteiger partial charge in [-0.15, -0.1) is 0 Å². The second kappa shape index (κ2) is 8.47. The number of halogens is 1.